The van der Waals surface area contributed by atoms with Gasteiger partial charge in [0.1, 0.15) is 0 Å². The molecular formula is C16H16N2O3. The number of carboxylic acid groups (broad SMARTS) is 1. The number of aromatic carboxylic acids is 1. The number of rotatable bonds is 3. The number of hydrogen-bond acceptors (Lipinski definition) is 2. The second kappa shape index (κ2) is 5.44. The third kappa shape index (κ3) is 2.67. The monoisotopic (exact) mass is 284 g/mol. The van der Waals surface area contributed by atoms with Gasteiger partial charge in [-0.2, -0.15) is 0 Å². The van der Waals surface area contributed by atoms with Crippen LogP contribution in [-0.2, 0) is 4.79 Å². The van der Waals surface area contributed by atoms with Gasteiger partial charge in [-0.25, -0.2) is 4.79 Å². The van der Waals surface area contributed by atoms with Crippen molar-refractivity contribution in [3.63, 3.8) is 0 Å². The molecule has 5 heteroatoms. The van der Waals surface area contributed by atoms with Crippen molar-refractivity contribution in [2.24, 2.45) is 5.92 Å². The highest BCUT2D eigenvalue weighted by atomic mass is 16.4. The molecule has 0 bridgehead atoms. The maximum absolute atomic E-state index is 12.2. The van der Waals surface area contributed by atoms with Gasteiger partial charge in [-0.15, -0.1) is 0 Å². The molecule has 1 aliphatic carbocycles. The summed E-state index contributed by atoms with van der Waals surface area (Å²) in [6, 6.07) is 5.21. The minimum atomic E-state index is -0.966. The number of nitrogens with one attached hydrogen (secondary N) is 2. The van der Waals surface area contributed by atoms with Crippen molar-refractivity contribution >= 4 is 28.5 Å². The second-order valence-electron chi connectivity index (χ2n) is 5.24. The quantitative estimate of drug-likeness (QED) is 0.757. The lowest BCUT2D eigenvalue weighted by atomic mass is 9.93. The molecule has 1 unspecified atom stereocenters. The molecule has 2 aromatic rings. The molecule has 0 radical (unpaired) electrons. The zero-order valence-corrected chi connectivity index (χ0v) is 11.4. The van der Waals surface area contributed by atoms with Crippen LogP contribution in [0.3, 0.4) is 0 Å². The number of aromatic nitrogens is 1. The van der Waals surface area contributed by atoms with E-state index >= 15 is 0 Å². The summed E-state index contributed by atoms with van der Waals surface area (Å²) in [6.45, 7) is 0. The van der Waals surface area contributed by atoms with E-state index in [1.54, 1.807) is 18.2 Å². The Morgan fingerprint density at radius 1 is 1.29 bits per heavy atom. The Kier molecular flexibility index (Phi) is 3.48. The van der Waals surface area contributed by atoms with E-state index in [0.29, 0.717) is 16.6 Å². The maximum atomic E-state index is 12.2. The van der Waals surface area contributed by atoms with Crippen LogP contribution in [0.15, 0.2) is 36.5 Å². The highest BCUT2D eigenvalue weighted by Crippen LogP contribution is 2.24. The predicted octanol–water partition coefficient (Wildman–Crippen LogP) is 3.16. The summed E-state index contributed by atoms with van der Waals surface area (Å²) >= 11 is 0. The Labute approximate surface area is 121 Å². The molecule has 3 N–H and O–H groups in total. The fourth-order valence-corrected chi connectivity index (χ4v) is 2.66. The SMILES string of the molecule is O=C(O)c1c[nH]c2cc(NC(=O)C3CC=CCC3)ccc12. The average molecular weight is 284 g/mol. The van der Waals surface area contributed by atoms with Gasteiger partial charge in [0.25, 0.3) is 0 Å². The van der Waals surface area contributed by atoms with Crippen LogP contribution >= 0.6 is 0 Å². The standard InChI is InChI=1S/C16H16N2O3/c19-15(10-4-2-1-3-5-10)18-11-6-7-12-13(16(20)21)9-17-14(12)8-11/h1-2,6-10,17H,3-5H2,(H,18,19)(H,20,21). The number of allylic oxidation sites excluding steroid dienone is 2. The number of benzene rings is 1. The third-order valence-electron chi connectivity index (χ3n) is 3.82. The Bertz CT molecular complexity index is 730. The number of amides is 1. The van der Waals surface area contributed by atoms with Gasteiger partial charge in [0, 0.05) is 28.7 Å². The lowest BCUT2D eigenvalue weighted by molar-refractivity contribution is -0.120. The molecule has 0 saturated carbocycles. The third-order valence-corrected chi connectivity index (χ3v) is 3.82. The van der Waals surface area contributed by atoms with Gasteiger partial charge in [-0.3, -0.25) is 4.79 Å². The number of carbonyl (C=O) groups is 2. The molecule has 108 valence electrons. The molecule has 1 aromatic heterocycles. The van der Waals surface area contributed by atoms with Crippen LogP contribution in [-0.4, -0.2) is 22.0 Å². The first-order valence-electron chi connectivity index (χ1n) is 6.95. The molecule has 3 rings (SSSR count). The molecule has 1 atom stereocenters. The average Bonchev–Trinajstić information content (AvgIpc) is 2.91. The maximum Gasteiger partial charge on any atom is 0.337 e. The molecule has 1 aliphatic rings. The summed E-state index contributed by atoms with van der Waals surface area (Å²) in [7, 11) is 0. The number of H-pyrrole nitrogens is 1. The Balaban J connectivity index is 1.80. The lowest BCUT2D eigenvalue weighted by Crippen LogP contribution is -2.23. The van der Waals surface area contributed by atoms with E-state index in [-0.39, 0.29) is 17.4 Å². The van der Waals surface area contributed by atoms with Crippen LogP contribution in [0.4, 0.5) is 5.69 Å². The first-order chi connectivity index (χ1) is 10.1. The van der Waals surface area contributed by atoms with Crippen molar-refractivity contribution in [3.05, 3.63) is 42.1 Å². The second-order valence-corrected chi connectivity index (χ2v) is 5.24. The Morgan fingerprint density at radius 3 is 2.86 bits per heavy atom. The number of aromatic amines is 1. The summed E-state index contributed by atoms with van der Waals surface area (Å²) in [4.78, 5) is 26.1. The topological polar surface area (TPSA) is 82.2 Å². The van der Waals surface area contributed by atoms with E-state index in [1.807, 2.05) is 6.08 Å². The smallest absolute Gasteiger partial charge is 0.337 e. The van der Waals surface area contributed by atoms with E-state index < -0.39 is 5.97 Å². The normalized spacial score (nSPS) is 17.8. The van der Waals surface area contributed by atoms with E-state index in [0.717, 1.165) is 19.3 Å². The highest BCUT2D eigenvalue weighted by Gasteiger charge is 2.19. The molecule has 1 heterocycles. The minimum Gasteiger partial charge on any atom is -0.478 e. The molecule has 1 amide bonds. The highest BCUT2D eigenvalue weighted by molar-refractivity contribution is 6.04. The molecule has 0 saturated heterocycles. The molecule has 0 fully saturated rings. The van der Waals surface area contributed by atoms with Gasteiger partial charge in [0.05, 0.1) is 5.56 Å². The lowest BCUT2D eigenvalue weighted by Gasteiger charge is -2.17. The summed E-state index contributed by atoms with van der Waals surface area (Å²) < 4.78 is 0. The molecular weight excluding hydrogens is 268 g/mol. The molecule has 1 aromatic carbocycles. The van der Waals surface area contributed by atoms with Gasteiger partial charge in [-0.1, -0.05) is 12.2 Å². The Hall–Kier alpha value is -2.56. The number of anilines is 1. The van der Waals surface area contributed by atoms with Crippen molar-refractivity contribution in [2.45, 2.75) is 19.3 Å². The first kappa shape index (κ1) is 13.4. The van der Waals surface area contributed by atoms with Crippen LogP contribution in [0, 0.1) is 5.92 Å². The van der Waals surface area contributed by atoms with Crippen LogP contribution < -0.4 is 5.32 Å². The molecule has 5 nitrogen and oxygen atoms in total. The number of carbonyl (C=O) groups excluding carboxylic acids is 1. The van der Waals surface area contributed by atoms with Crippen LogP contribution in [0.1, 0.15) is 29.6 Å². The van der Waals surface area contributed by atoms with Crippen molar-refractivity contribution in [1.29, 1.82) is 0 Å². The number of carboxylic acids is 1. The minimum absolute atomic E-state index is 0.0173. The number of fused-ring (bicyclic) bond motifs is 1. The van der Waals surface area contributed by atoms with E-state index in [9.17, 15) is 9.59 Å². The fraction of sp³-hybridized carbons (Fsp3) is 0.250. The van der Waals surface area contributed by atoms with E-state index in [1.165, 1.54) is 6.20 Å². The van der Waals surface area contributed by atoms with Gasteiger partial charge in [0.15, 0.2) is 0 Å². The van der Waals surface area contributed by atoms with Crippen molar-refractivity contribution in [3.8, 4) is 0 Å². The zero-order chi connectivity index (χ0) is 14.8. The van der Waals surface area contributed by atoms with Gasteiger partial charge in [0.2, 0.25) is 5.91 Å². The Morgan fingerprint density at radius 2 is 2.14 bits per heavy atom. The van der Waals surface area contributed by atoms with Gasteiger partial charge in [-0.05, 0) is 37.5 Å². The van der Waals surface area contributed by atoms with Gasteiger partial charge >= 0.3 is 5.97 Å². The predicted molar refractivity (Wildman–Crippen MR) is 80.4 cm³/mol. The van der Waals surface area contributed by atoms with Crippen LogP contribution in [0.2, 0.25) is 0 Å². The largest absolute Gasteiger partial charge is 0.478 e. The van der Waals surface area contributed by atoms with Crippen molar-refractivity contribution in [2.75, 3.05) is 5.32 Å². The summed E-state index contributed by atoms with van der Waals surface area (Å²) in [5.41, 5.74) is 1.62. The van der Waals surface area contributed by atoms with Crippen molar-refractivity contribution < 1.29 is 14.7 Å². The molecule has 0 spiro atoms. The summed E-state index contributed by atoms with van der Waals surface area (Å²) in [6.07, 6.45) is 8.19. The van der Waals surface area contributed by atoms with Gasteiger partial charge < -0.3 is 15.4 Å². The molecule has 21 heavy (non-hydrogen) atoms. The summed E-state index contributed by atoms with van der Waals surface area (Å²) in [5, 5.41) is 12.6. The fourth-order valence-electron chi connectivity index (χ4n) is 2.66. The molecule has 0 aliphatic heterocycles. The number of hydrogen-bond donors (Lipinski definition) is 3. The van der Waals surface area contributed by atoms with E-state index in [4.69, 9.17) is 5.11 Å². The van der Waals surface area contributed by atoms with Crippen LogP contribution in [0.5, 0.6) is 0 Å². The van der Waals surface area contributed by atoms with E-state index in [2.05, 4.69) is 16.4 Å². The first-order valence-corrected chi connectivity index (χ1v) is 6.95. The van der Waals surface area contributed by atoms with Crippen LogP contribution in [0.25, 0.3) is 10.9 Å². The summed E-state index contributed by atoms with van der Waals surface area (Å²) in [5.74, 6) is -0.931. The zero-order valence-electron chi connectivity index (χ0n) is 11.4. The van der Waals surface area contributed by atoms with Crippen molar-refractivity contribution in [1.82, 2.24) is 4.98 Å².